The highest BCUT2D eigenvalue weighted by molar-refractivity contribution is 4.94. The molecule has 1 unspecified atom stereocenters. The van der Waals surface area contributed by atoms with Gasteiger partial charge in [-0.1, -0.05) is 13.3 Å². The Bertz CT molecular complexity index is 240. The van der Waals surface area contributed by atoms with E-state index in [9.17, 15) is 0 Å². The summed E-state index contributed by atoms with van der Waals surface area (Å²) < 4.78 is 2.20. The number of hydrogen-bond acceptors (Lipinski definition) is 2. The Morgan fingerprint density at radius 2 is 2.38 bits per heavy atom. The molecule has 0 saturated heterocycles. The van der Waals surface area contributed by atoms with Gasteiger partial charge in [-0.15, -0.1) is 0 Å². The average molecular weight is 181 g/mol. The third kappa shape index (κ3) is 3.19. The van der Waals surface area contributed by atoms with Gasteiger partial charge in [-0.05, 0) is 13.3 Å². The maximum absolute atomic E-state index is 5.73. The molecular formula is C10H19N3. The number of nitrogens with two attached hydrogens (primary N) is 1. The van der Waals surface area contributed by atoms with Crippen LogP contribution < -0.4 is 5.73 Å². The van der Waals surface area contributed by atoms with Gasteiger partial charge in [0, 0.05) is 31.4 Å². The lowest BCUT2D eigenvalue weighted by molar-refractivity contribution is 0.581. The van der Waals surface area contributed by atoms with E-state index in [4.69, 9.17) is 5.73 Å². The molecule has 1 aromatic heterocycles. The lowest BCUT2D eigenvalue weighted by Gasteiger charge is -2.08. The molecule has 0 fully saturated rings. The van der Waals surface area contributed by atoms with E-state index in [0.717, 1.165) is 18.8 Å². The van der Waals surface area contributed by atoms with Crippen LogP contribution in [0.4, 0.5) is 0 Å². The number of unbranched alkanes of at least 4 members (excludes halogenated alkanes) is 1. The second-order valence-electron chi connectivity index (χ2n) is 3.57. The molecule has 3 heteroatoms. The molecule has 1 rings (SSSR count). The monoisotopic (exact) mass is 181 g/mol. The van der Waals surface area contributed by atoms with E-state index < -0.39 is 0 Å². The van der Waals surface area contributed by atoms with Crippen molar-refractivity contribution in [3.8, 4) is 0 Å². The molecular weight excluding hydrogens is 162 g/mol. The van der Waals surface area contributed by atoms with Crippen LogP contribution in [0.5, 0.6) is 0 Å². The first-order chi connectivity index (χ1) is 6.24. The Morgan fingerprint density at radius 1 is 1.62 bits per heavy atom. The Balaban J connectivity index is 2.55. The summed E-state index contributed by atoms with van der Waals surface area (Å²) in [5, 5.41) is 0. The topological polar surface area (TPSA) is 43.8 Å². The first-order valence-corrected chi connectivity index (χ1v) is 4.99. The molecule has 0 aliphatic carbocycles. The Hall–Kier alpha value is -0.830. The van der Waals surface area contributed by atoms with Crippen molar-refractivity contribution in [2.45, 2.75) is 45.7 Å². The van der Waals surface area contributed by atoms with Gasteiger partial charge in [0.15, 0.2) is 0 Å². The van der Waals surface area contributed by atoms with E-state index in [1.165, 1.54) is 12.8 Å². The fraction of sp³-hybridized carbons (Fsp3) is 0.700. The summed E-state index contributed by atoms with van der Waals surface area (Å²) in [6, 6.07) is 0.197. The third-order valence-electron chi connectivity index (χ3n) is 2.06. The maximum Gasteiger partial charge on any atom is 0.110 e. The highest BCUT2D eigenvalue weighted by Gasteiger charge is 2.04. The second-order valence-corrected chi connectivity index (χ2v) is 3.57. The van der Waals surface area contributed by atoms with E-state index in [1.54, 1.807) is 0 Å². The fourth-order valence-electron chi connectivity index (χ4n) is 1.35. The molecule has 1 atom stereocenters. The normalized spacial score (nSPS) is 13.2. The first-order valence-electron chi connectivity index (χ1n) is 4.99. The molecule has 0 radical (unpaired) electrons. The zero-order valence-electron chi connectivity index (χ0n) is 8.53. The van der Waals surface area contributed by atoms with Crippen molar-refractivity contribution in [1.82, 2.24) is 9.55 Å². The summed E-state index contributed by atoms with van der Waals surface area (Å²) in [5.74, 6) is 1.11. The number of hydrogen-bond donors (Lipinski definition) is 1. The number of aromatic nitrogens is 2. The van der Waals surface area contributed by atoms with Crippen LogP contribution in [0.25, 0.3) is 0 Å². The predicted molar refractivity (Wildman–Crippen MR) is 54.5 cm³/mol. The number of aryl methyl sites for hydroxylation is 1. The minimum atomic E-state index is 0.197. The minimum absolute atomic E-state index is 0.197. The van der Waals surface area contributed by atoms with Crippen molar-refractivity contribution in [2.75, 3.05) is 0 Å². The van der Waals surface area contributed by atoms with Crippen molar-refractivity contribution >= 4 is 0 Å². The van der Waals surface area contributed by atoms with Gasteiger partial charge in [0.2, 0.25) is 0 Å². The smallest absolute Gasteiger partial charge is 0.110 e. The van der Waals surface area contributed by atoms with Gasteiger partial charge >= 0.3 is 0 Å². The molecule has 0 spiro atoms. The molecule has 0 saturated carbocycles. The second kappa shape index (κ2) is 5.02. The fourth-order valence-corrected chi connectivity index (χ4v) is 1.35. The largest absolute Gasteiger partial charge is 0.335 e. The summed E-state index contributed by atoms with van der Waals surface area (Å²) in [6.45, 7) is 5.28. The predicted octanol–water partition coefficient (Wildman–Crippen LogP) is 1.57. The third-order valence-corrected chi connectivity index (χ3v) is 2.06. The van der Waals surface area contributed by atoms with E-state index in [0.29, 0.717) is 0 Å². The van der Waals surface area contributed by atoms with E-state index in [-0.39, 0.29) is 6.04 Å². The van der Waals surface area contributed by atoms with Crippen LogP contribution >= 0.6 is 0 Å². The lowest BCUT2D eigenvalue weighted by atomic mass is 10.2. The minimum Gasteiger partial charge on any atom is -0.335 e. The van der Waals surface area contributed by atoms with Gasteiger partial charge in [0.25, 0.3) is 0 Å². The van der Waals surface area contributed by atoms with Crippen LogP contribution in [0.3, 0.4) is 0 Å². The van der Waals surface area contributed by atoms with Crippen LogP contribution in [0.1, 0.15) is 32.5 Å². The SMILES string of the molecule is CCCCn1ccnc1CC(C)N. The van der Waals surface area contributed by atoms with Gasteiger partial charge in [0.1, 0.15) is 5.82 Å². The molecule has 0 bridgehead atoms. The summed E-state index contributed by atoms with van der Waals surface area (Å²) in [7, 11) is 0. The zero-order chi connectivity index (χ0) is 9.68. The first kappa shape index (κ1) is 10.3. The molecule has 1 aromatic rings. The molecule has 2 N–H and O–H groups in total. The van der Waals surface area contributed by atoms with Crippen LogP contribution in [0.15, 0.2) is 12.4 Å². The van der Waals surface area contributed by atoms with E-state index in [1.807, 2.05) is 19.3 Å². The molecule has 0 aromatic carbocycles. The average Bonchev–Trinajstić information content (AvgIpc) is 2.48. The van der Waals surface area contributed by atoms with Gasteiger partial charge < -0.3 is 10.3 Å². The maximum atomic E-state index is 5.73. The van der Waals surface area contributed by atoms with Crippen molar-refractivity contribution in [1.29, 1.82) is 0 Å². The van der Waals surface area contributed by atoms with Crippen LogP contribution in [-0.2, 0) is 13.0 Å². The Kier molecular flexibility index (Phi) is 3.96. The van der Waals surface area contributed by atoms with Crippen LogP contribution in [-0.4, -0.2) is 15.6 Å². The van der Waals surface area contributed by atoms with Crippen molar-refractivity contribution in [3.05, 3.63) is 18.2 Å². The Morgan fingerprint density at radius 3 is 3.00 bits per heavy atom. The lowest BCUT2D eigenvalue weighted by Crippen LogP contribution is -2.20. The molecule has 1 heterocycles. The number of rotatable bonds is 5. The summed E-state index contributed by atoms with van der Waals surface area (Å²) in [4.78, 5) is 4.29. The summed E-state index contributed by atoms with van der Waals surface area (Å²) in [6.07, 6.45) is 7.19. The molecule has 74 valence electrons. The highest BCUT2D eigenvalue weighted by Crippen LogP contribution is 2.03. The Labute approximate surface area is 80.0 Å². The number of nitrogens with zero attached hydrogens (tertiary/aromatic N) is 2. The standard InChI is InChI=1S/C10H19N3/c1-3-4-6-13-7-5-12-10(13)8-9(2)11/h5,7,9H,3-4,6,8,11H2,1-2H3. The molecule has 0 amide bonds. The summed E-state index contributed by atoms with van der Waals surface area (Å²) in [5.41, 5.74) is 5.73. The molecule has 13 heavy (non-hydrogen) atoms. The van der Waals surface area contributed by atoms with Crippen LogP contribution in [0.2, 0.25) is 0 Å². The van der Waals surface area contributed by atoms with Gasteiger partial charge in [-0.2, -0.15) is 0 Å². The highest BCUT2D eigenvalue weighted by atomic mass is 15.1. The van der Waals surface area contributed by atoms with Crippen molar-refractivity contribution < 1.29 is 0 Å². The van der Waals surface area contributed by atoms with Crippen molar-refractivity contribution in [3.63, 3.8) is 0 Å². The zero-order valence-corrected chi connectivity index (χ0v) is 8.53. The van der Waals surface area contributed by atoms with Crippen molar-refractivity contribution in [2.24, 2.45) is 5.73 Å². The van der Waals surface area contributed by atoms with Gasteiger partial charge in [-0.3, -0.25) is 0 Å². The summed E-state index contributed by atoms with van der Waals surface area (Å²) >= 11 is 0. The molecule has 0 aliphatic rings. The number of imidazole rings is 1. The molecule has 0 aliphatic heterocycles. The van der Waals surface area contributed by atoms with Gasteiger partial charge in [-0.25, -0.2) is 4.98 Å². The van der Waals surface area contributed by atoms with E-state index >= 15 is 0 Å². The van der Waals surface area contributed by atoms with E-state index in [2.05, 4.69) is 16.5 Å². The van der Waals surface area contributed by atoms with Gasteiger partial charge in [0.05, 0.1) is 0 Å². The molecule has 3 nitrogen and oxygen atoms in total. The quantitative estimate of drug-likeness (QED) is 0.749. The van der Waals surface area contributed by atoms with Crippen LogP contribution in [0, 0.1) is 0 Å².